The van der Waals surface area contributed by atoms with Crippen LogP contribution in [-0.2, 0) is 12.3 Å². The van der Waals surface area contributed by atoms with Crippen molar-refractivity contribution in [3.05, 3.63) is 30.0 Å². The summed E-state index contributed by atoms with van der Waals surface area (Å²) in [5.74, 6) is 2.30. The van der Waals surface area contributed by atoms with E-state index in [1.165, 1.54) is 0 Å². The van der Waals surface area contributed by atoms with E-state index in [0.717, 1.165) is 23.8 Å². The molecule has 0 aliphatic rings. The van der Waals surface area contributed by atoms with Gasteiger partial charge in [0.25, 0.3) is 0 Å². The number of hydrogen-bond donors (Lipinski definition) is 1. The van der Waals surface area contributed by atoms with E-state index < -0.39 is 0 Å². The molecule has 0 amide bonds. The molecule has 0 aliphatic heterocycles. The first-order valence-corrected chi connectivity index (χ1v) is 6.41. The fourth-order valence-electron chi connectivity index (χ4n) is 1.53. The van der Waals surface area contributed by atoms with Gasteiger partial charge in [-0.2, -0.15) is 0 Å². The number of nitrogens with two attached hydrogens (primary N) is 1. The highest BCUT2D eigenvalue weighted by atomic mass is 32.2. The Hall–Kier alpha value is -1.56. The van der Waals surface area contributed by atoms with Crippen molar-refractivity contribution in [2.45, 2.75) is 31.3 Å². The van der Waals surface area contributed by atoms with Gasteiger partial charge in [0.15, 0.2) is 5.16 Å². The number of aryl methyl sites for hydroxylation is 2. The van der Waals surface area contributed by atoms with Crippen LogP contribution in [0.15, 0.2) is 23.6 Å². The molecule has 2 rings (SSSR count). The topological polar surface area (TPSA) is 69.6 Å². The van der Waals surface area contributed by atoms with E-state index in [0.29, 0.717) is 11.0 Å². The molecule has 0 bridgehead atoms. The first kappa shape index (κ1) is 11.9. The zero-order valence-electron chi connectivity index (χ0n) is 9.92. The van der Waals surface area contributed by atoms with Gasteiger partial charge in [-0.25, -0.2) is 15.0 Å². The summed E-state index contributed by atoms with van der Waals surface area (Å²) in [6.45, 7) is 4.93. The summed E-state index contributed by atoms with van der Waals surface area (Å²) < 4.78 is 2.10. The first-order valence-electron chi connectivity index (χ1n) is 5.43. The summed E-state index contributed by atoms with van der Waals surface area (Å²) in [7, 11) is 0. The second-order valence-corrected chi connectivity index (χ2v) is 4.58. The molecule has 0 saturated heterocycles. The van der Waals surface area contributed by atoms with E-state index in [4.69, 9.17) is 5.73 Å². The van der Waals surface area contributed by atoms with E-state index in [2.05, 4.69) is 26.4 Å². The molecule has 0 spiro atoms. The Balaban J connectivity index is 2.07. The molecular formula is C11H15N5S. The lowest BCUT2D eigenvalue weighted by atomic mass is 10.4. The largest absolute Gasteiger partial charge is 0.384 e. The van der Waals surface area contributed by atoms with Crippen LogP contribution in [0.2, 0.25) is 0 Å². The van der Waals surface area contributed by atoms with Crippen molar-refractivity contribution < 1.29 is 0 Å². The molecule has 0 fully saturated rings. The molecule has 0 radical (unpaired) electrons. The van der Waals surface area contributed by atoms with Crippen molar-refractivity contribution in [3.8, 4) is 0 Å². The summed E-state index contributed by atoms with van der Waals surface area (Å²) in [4.78, 5) is 12.8. The van der Waals surface area contributed by atoms with Crippen molar-refractivity contribution in [1.29, 1.82) is 0 Å². The third-order valence-electron chi connectivity index (χ3n) is 2.33. The highest BCUT2D eigenvalue weighted by molar-refractivity contribution is 7.98. The van der Waals surface area contributed by atoms with Gasteiger partial charge in [0.05, 0.1) is 5.75 Å². The van der Waals surface area contributed by atoms with Gasteiger partial charge in [-0.3, -0.25) is 0 Å². The molecular weight excluding hydrogens is 234 g/mol. The van der Waals surface area contributed by atoms with Crippen LogP contribution in [0.25, 0.3) is 0 Å². The van der Waals surface area contributed by atoms with Crippen LogP contribution in [0.4, 0.5) is 5.82 Å². The fraction of sp³-hybridized carbons (Fsp3) is 0.364. The lowest BCUT2D eigenvalue weighted by molar-refractivity contribution is 0.725. The van der Waals surface area contributed by atoms with Gasteiger partial charge >= 0.3 is 0 Å². The molecule has 2 heterocycles. The van der Waals surface area contributed by atoms with Gasteiger partial charge < -0.3 is 10.3 Å². The highest BCUT2D eigenvalue weighted by Crippen LogP contribution is 2.19. The molecule has 0 aliphatic carbocycles. The number of rotatable bonds is 4. The lowest BCUT2D eigenvalue weighted by Gasteiger charge is -2.04. The Morgan fingerprint density at radius 1 is 1.41 bits per heavy atom. The zero-order valence-corrected chi connectivity index (χ0v) is 10.7. The predicted octanol–water partition coefficient (Wildman–Crippen LogP) is 1.88. The number of hydrogen-bond acceptors (Lipinski definition) is 5. The Kier molecular flexibility index (Phi) is 3.63. The normalized spacial score (nSPS) is 10.7. The third kappa shape index (κ3) is 2.97. The summed E-state index contributed by atoms with van der Waals surface area (Å²) in [5.41, 5.74) is 6.57. The average molecular weight is 249 g/mol. The van der Waals surface area contributed by atoms with Crippen molar-refractivity contribution in [1.82, 2.24) is 19.5 Å². The second-order valence-electron chi connectivity index (χ2n) is 3.63. The first-order chi connectivity index (χ1) is 8.19. The molecule has 6 heteroatoms. The molecule has 0 atom stereocenters. The average Bonchev–Trinajstić information content (AvgIpc) is 2.72. The fourth-order valence-corrected chi connectivity index (χ4v) is 2.40. The molecule has 90 valence electrons. The highest BCUT2D eigenvalue weighted by Gasteiger charge is 2.05. The van der Waals surface area contributed by atoms with Crippen molar-refractivity contribution in [3.63, 3.8) is 0 Å². The number of nitrogen functional groups attached to an aromatic ring is 1. The van der Waals surface area contributed by atoms with E-state index in [1.54, 1.807) is 17.8 Å². The predicted molar refractivity (Wildman–Crippen MR) is 68.6 cm³/mol. The minimum absolute atomic E-state index is 0.513. The van der Waals surface area contributed by atoms with Gasteiger partial charge in [-0.05, 0) is 13.8 Å². The summed E-state index contributed by atoms with van der Waals surface area (Å²) in [6.07, 6.45) is 3.78. The molecule has 2 aromatic heterocycles. The van der Waals surface area contributed by atoms with Crippen LogP contribution in [-0.4, -0.2) is 19.5 Å². The lowest BCUT2D eigenvalue weighted by Crippen LogP contribution is -2.01. The maximum atomic E-state index is 5.68. The Labute approximate surface area is 104 Å². The Morgan fingerprint density at radius 3 is 2.94 bits per heavy atom. The molecule has 0 unspecified atom stereocenters. The van der Waals surface area contributed by atoms with Crippen LogP contribution < -0.4 is 5.73 Å². The van der Waals surface area contributed by atoms with E-state index >= 15 is 0 Å². The summed E-state index contributed by atoms with van der Waals surface area (Å²) in [5, 5.41) is 0.702. The van der Waals surface area contributed by atoms with Crippen LogP contribution in [0.3, 0.4) is 0 Å². The van der Waals surface area contributed by atoms with Crippen LogP contribution in [0.5, 0.6) is 0 Å². The maximum Gasteiger partial charge on any atom is 0.190 e. The standard InChI is InChI=1S/C11H15N5S/c1-3-16-5-4-13-10(16)7-17-11-14-8(2)6-9(12)15-11/h4-6H,3,7H2,1-2H3,(H2,12,14,15). The van der Waals surface area contributed by atoms with E-state index in [1.807, 2.05) is 19.3 Å². The third-order valence-corrected chi connectivity index (χ3v) is 3.17. The maximum absolute atomic E-state index is 5.68. The van der Waals surface area contributed by atoms with E-state index in [-0.39, 0.29) is 0 Å². The van der Waals surface area contributed by atoms with Gasteiger partial charge in [0.2, 0.25) is 0 Å². The smallest absolute Gasteiger partial charge is 0.190 e. The van der Waals surface area contributed by atoms with Gasteiger partial charge in [0.1, 0.15) is 11.6 Å². The minimum Gasteiger partial charge on any atom is -0.384 e. The molecule has 0 aromatic carbocycles. The number of aromatic nitrogens is 4. The monoisotopic (exact) mass is 249 g/mol. The van der Waals surface area contributed by atoms with Crippen LogP contribution in [0.1, 0.15) is 18.4 Å². The Morgan fingerprint density at radius 2 is 2.24 bits per heavy atom. The minimum atomic E-state index is 0.513. The molecule has 0 saturated carbocycles. The molecule has 17 heavy (non-hydrogen) atoms. The Bertz CT molecular complexity index is 488. The number of thioether (sulfide) groups is 1. The number of anilines is 1. The van der Waals surface area contributed by atoms with Gasteiger partial charge in [0, 0.05) is 30.7 Å². The zero-order chi connectivity index (χ0) is 12.3. The van der Waals surface area contributed by atoms with E-state index in [9.17, 15) is 0 Å². The number of imidazole rings is 1. The SMILES string of the molecule is CCn1ccnc1CSc1nc(C)cc(N)n1. The van der Waals surface area contributed by atoms with Gasteiger partial charge in [-0.15, -0.1) is 0 Å². The van der Waals surface area contributed by atoms with Crippen molar-refractivity contribution in [2.75, 3.05) is 5.73 Å². The van der Waals surface area contributed by atoms with Crippen LogP contribution >= 0.6 is 11.8 Å². The summed E-state index contributed by atoms with van der Waals surface area (Å²) >= 11 is 1.55. The quantitative estimate of drug-likeness (QED) is 0.661. The van der Waals surface area contributed by atoms with Crippen molar-refractivity contribution in [2.24, 2.45) is 0 Å². The summed E-state index contributed by atoms with van der Waals surface area (Å²) in [6, 6.07) is 1.76. The number of nitrogens with zero attached hydrogens (tertiary/aromatic N) is 4. The molecule has 2 aromatic rings. The van der Waals surface area contributed by atoms with Crippen molar-refractivity contribution >= 4 is 17.6 Å². The molecule has 5 nitrogen and oxygen atoms in total. The van der Waals surface area contributed by atoms with Gasteiger partial charge in [-0.1, -0.05) is 11.8 Å². The molecule has 2 N–H and O–H groups in total. The second kappa shape index (κ2) is 5.18. The van der Waals surface area contributed by atoms with Crippen LogP contribution in [0, 0.1) is 6.92 Å².